The van der Waals surface area contributed by atoms with Crippen molar-refractivity contribution in [3.63, 3.8) is 0 Å². The fourth-order valence-corrected chi connectivity index (χ4v) is 0.914. The third-order valence-corrected chi connectivity index (χ3v) is 1.82. The molecule has 0 radical (unpaired) electrons. The van der Waals surface area contributed by atoms with Crippen LogP contribution in [-0.4, -0.2) is 18.0 Å². The molecule has 1 heterocycles. The maximum absolute atomic E-state index is 11.6. The minimum absolute atomic E-state index is 0.271. The Labute approximate surface area is 89.7 Å². The van der Waals surface area contributed by atoms with Crippen LogP contribution in [0.3, 0.4) is 0 Å². The molecule has 0 aliphatic carbocycles. The lowest BCUT2D eigenvalue weighted by Crippen LogP contribution is -2.25. The van der Waals surface area contributed by atoms with Gasteiger partial charge in [0.25, 0.3) is 0 Å². The minimum atomic E-state index is -0.513. The molecule has 1 aromatic rings. The third kappa shape index (κ3) is 2.94. The SMILES string of the molecule is CNc1ncccc1OC(=O)C(C)(C)C. The van der Waals surface area contributed by atoms with Gasteiger partial charge in [0.2, 0.25) is 0 Å². The lowest BCUT2D eigenvalue weighted by molar-refractivity contribution is -0.142. The summed E-state index contributed by atoms with van der Waals surface area (Å²) in [4.78, 5) is 15.7. The molecule has 15 heavy (non-hydrogen) atoms. The number of hydrogen-bond donors (Lipinski definition) is 1. The number of nitrogens with one attached hydrogen (secondary N) is 1. The number of rotatable bonds is 2. The second-order valence-electron chi connectivity index (χ2n) is 4.24. The number of nitrogens with zero attached hydrogens (tertiary/aromatic N) is 1. The molecule has 0 bridgehead atoms. The van der Waals surface area contributed by atoms with Gasteiger partial charge in [0, 0.05) is 13.2 Å². The molecule has 0 spiro atoms. The molecule has 4 nitrogen and oxygen atoms in total. The summed E-state index contributed by atoms with van der Waals surface area (Å²) in [6, 6.07) is 3.44. The summed E-state index contributed by atoms with van der Waals surface area (Å²) in [7, 11) is 1.73. The number of hydrogen-bond acceptors (Lipinski definition) is 4. The smallest absolute Gasteiger partial charge is 0.316 e. The standard InChI is InChI=1S/C11H16N2O2/c1-11(2,3)10(14)15-8-6-5-7-13-9(8)12-4/h5-7H,1-4H3,(H,12,13). The zero-order chi connectivity index (χ0) is 11.5. The van der Waals surface area contributed by atoms with Gasteiger partial charge in [0.1, 0.15) is 0 Å². The maximum Gasteiger partial charge on any atom is 0.316 e. The lowest BCUT2D eigenvalue weighted by atomic mass is 9.97. The first kappa shape index (κ1) is 11.5. The van der Waals surface area contributed by atoms with Crippen molar-refractivity contribution in [3.8, 4) is 5.75 Å². The largest absolute Gasteiger partial charge is 0.422 e. The van der Waals surface area contributed by atoms with E-state index in [2.05, 4.69) is 10.3 Å². The van der Waals surface area contributed by atoms with Crippen molar-refractivity contribution < 1.29 is 9.53 Å². The lowest BCUT2D eigenvalue weighted by Gasteiger charge is -2.17. The highest BCUT2D eigenvalue weighted by molar-refractivity contribution is 5.79. The van der Waals surface area contributed by atoms with E-state index in [0.717, 1.165) is 0 Å². The van der Waals surface area contributed by atoms with Gasteiger partial charge >= 0.3 is 5.97 Å². The highest BCUT2D eigenvalue weighted by Gasteiger charge is 2.24. The van der Waals surface area contributed by atoms with Gasteiger partial charge in [-0.25, -0.2) is 4.98 Å². The predicted octanol–water partition coefficient (Wildman–Crippen LogP) is 2.07. The van der Waals surface area contributed by atoms with Crippen molar-refractivity contribution in [2.24, 2.45) is 5.41 Å². The highest BCUT2D eigenvalue weighted by atomic mass is 16.5. The first-order valence-electron chi connectivity index (χ1n) is 4.80. The Kier molecular flexibility index (Phi) is 3.29. The van der Waals surface area contributed by atoms with Gasteiger partial charge in [-0.1, -0.05) is 0 Å². The van der Waals surface area contributed by atoms with E-state index in [-0.39, 0.29) is 5.97 Å². The van der Waals surface area contributed by atoms with Crippen LogP contribution in [0.1, 0.15) is 20.8 Å². The Bertz CT molecular complexity index is 356. The molecule has 0 amide bonds. The van der Waals surface area contributed by atoms with Gasteiger partial charge < -0.3 is 10.1 Å². The maximum atomic E-state index is 11.6. The molecule has 82 valence electrons. The molecular weight excluding hydrogens is 192 g/mol. The van der Waals surface area contributed by atoms with E-state index in [1.54, 1.807) is 25.4 Å². The van der Waals surface area contributed by atoms with Gasteiger partial charge in [0.15, 0.2) is 11.6 Å². The summed E-state index contributed by atoms with van der Waals surface area (Å²) in [5, 5.41) is 2.86. The summed E-state index contributed by atoms with van der Waals surface area (Å²) >= 11 is 0. The summed E-state index contributed by atoms with van der Waals surface area (Å²) in [6.07, 6.45) is 1.64. The Morgan fingerprint density at radius 2 is 2.13 bits per heavy atom. The van der Waals surface area contributed by atoms with Crippen molar-refractivity contribution in [1.82, 2.24) is 4.98 Å². The van der Waals surface area contributed by atoms with Crippen LogP contribution >= 0.6 is 0 Å². The Morgan fingerprint density at radius 1 is 1.47 bits per heavy atom. The minimum Gasteiger partial charge on any atom is -0.422 e. The zero-order valence-corrected chi connectivity index (χ0v) is 9.50. The predicted molar refractivity (Wildman–Crippen MR) is 58.9 cm³/mol. The Balaban J connectivity index is 2.85. The highest BCUT2D eigenvalue weighted by Crippen LogP contribution is 2.24. The quantitative estimate of drug-likeness (QED) is 0.756. The van der Waals surface area contributed by atoms with Crippen LogP contribution in [0, 0.1) is 5.41 Å². The Hall–Kier alpha value is -1.58. The van der Waals surface area contributed by atoms with E-state index in [4.69, 9.17) is 4.74 Å². The number of carbonyl (C=O) groups is 1. The average Bonchev–Trinajstić information content (AvgIpc) is 2.17. The molecule has 0 aromatic carbocycles. The average molecular weight is 208 g/mol. The monoisotopic (exact) mass is 208 g/mol. The summed E-state index contributed by atoms with van der Waals surface area (Å²) in [5.41, 5.74) is -0.513. The second-order valence-corrected chi connectivity index (χ2v) is 4.24. The van der Waals surface area contributed by atoms with E-state index >= 15 is 0 Å². The van der Waals surface area contributed by atoms with E-state index in [0.29, 0.717) is 11.6 Å². The van der Waals surface area contributed by atoms with Gasteiger partial charge in [-0.15, -0.1) is 0 Å². The van der Waals surface area contributed by atoms with E-state index in [1.165, 1.54) is 0 Å². The third-order valence-electron chi connectivity index (χ3n) is 1.82. The second kappa shape index (κ2) is 4.29. The molecule has 1 aromatic heterocycles. The van der Waals surface area contributed by atoms with Gasteiger partial charge in [-0.05, 0) is 32.9 Å². The molecular formula is C11H16N2O2. The normalized spacial score (nSPS) is 10.9. The van der Waals surface area contributed by atoms with Crippen molar-refractivity contribution >= 4 is 11.8 Å². The van der Waals surface area contributed by atoms with Crippen molar-refractivity contribution in [3.05, 3.63) is 18.3 Å². The van der Waals surface area contributed by atoms with Crippen molar-refractivity contribution in [2.75, 3.05) is 12.4 Å². The molecule has 0 saturated heterocycles. The number of esters is 1. The molecule has 1 rings (SSSR count). The van der Waals surface area contributed by atoms with Crippen LogP contribution < -0.4 is 10.1 Å². The van der Waals surface area contributed by atoms with Crippen LogP contribution in [0.5, 0.6) is 5.75 Å². The first-order chi connectivity index (χ1) is 6.95. The molecule has 0 saturated carbocycles. The number of aromatic nitrogens is 1. The van der Waals surface area contributed by atoms with Gasteiger partial charge in [-0.3, -0.25) is 4.79 Å². The topological polar surface area (TPSA) is 51.2 Å². The van der Waals surface area contributed by atoms with E-state index in [1.807, 2.05) is 20.8 Å². The van der Waals surface area contributed by atoms with Crippen LogP contribution in [0.2, 0.25) is 0 Å². The summed E-state index contributed by atoms with van der Waals surface area (Å²) in [6.45, 7) is 5.43. The molecule has 1 N–H and O–H groups in total. The molecule has 0 aliphatic heterocycles. The molecule has 0 aliphatic rings. The first-order valence-corrected chi connectivity index (χ1v) is 4.80. The Morgan fingerprint density at radius 3 is 2.67 bits per heavy atom. The number of ether oxygens (including phenoxy) is 1. The number of pyridine rings is 1. The summed E-state index contributed by atoms with van der Waals surface area (Å²) in [5.74, 6) is 0.752. The summed E-state index contributed by atoms with van der Waals surface area (Å²) < 4.78 is 5.24. The fraction of sp³-hybridized carbons (Fsp3) is 0.455. The van der Waals surface area contributed by atoms with E-state index in [9.17, 15) is 4.79 Å². The van der Waals surface area contributed by atoms with Crippen molar-refractivity contribution in [2.45, 2.75) is 20.8 Å². The van der Waals surface area contributed by atoms with Crippen LogP contribution in [-0.2, 0) is 4.79 Å². The fourth-order valence-electron chi connectivity index (χ4n) is 0.914. The van der Waals surface area contributed by atoms with Crippen LogP contribution in [0.25, 0.3) is 0 Å². The van der Waals surface area contributed by atoms with Crippen LogP contribution in [0.15, 0.2) is 18.3 Å². The number of anilines is 1. The van der Waals surface area contributed by atoms with Gasteiger partial charge in [0.05, 0.1) is 5.41 Å². The number of carbonyl (C=O) groups excluding carboxylic acids is 1. The molecule has 0 fully saturated rings. The zero-order valence-electron chi connectivity index (χ0n) is 9.50. The molecule has 0 unspecified atom stereocenters. The van der Waals surface area contributed by atoms with E-state index < -0.39 is 5.41 Å². The molecule has 0 atom stereocenters. The van der Waals surface area contributed by atoms with Gasteiger partial charge in [-0.2, -0.15) is 0 Å². The van der Waals surface area contributed by atoms with Crippen molar-refractivity contribution in [1.29, 1.82) is 0 Å². The van der Waals surface area contributed by atoms with Crippen LogP contribution in [0.4, 0.5) is 5.82 Å². The molecule has 4 heteroatoms.